The molecule has 1 saturated carbocycles. The van der Waals surface area contributed by atoms with Crippen LogP contribution in [-0.2, 0) is 11.3 Å². The van der Waals surface area contributed by atoms with Gasteiger partial charge in [-0.2, -0.15) is 0 Å². The Labute approximate surface area is 173 Å². The molecule has 0 radical (unpaired) electrons. The molecule has 0 unspecified atom stereocenters. The normalized spacial score (nSPS) is 17.0. The maximum absolute atomic E-state index is 13.1. The number of aromatic nitrogens is 2. The van der Waals surface area contributed by atoms with E-state index in [0.29, 0.717) is 23.5 Å². The maximum atomic E-state index is 13.1. The number of aryl methyl sites for hydroxylation is 2. The number of hydrogen-bond acceptors (Lipinski definition) is 5. The summed E-state index contributed by atoms with van der Waals surface area (Å²) in [4.78, 5) is 34.7. The minimum absolute atomic E-state index is 0.0123. The molecule has 28 heavy (non-hydrogen) atoms. The van der Waals surface area contributed by atoms with E-state index in [1.54, 1.807) is 15.9 Å². The Morgan fingerprint density at radius 2 is 2.14 bits per heavy atom. The fraction of sp³-hybridized carbons (Fsp3) is 0.571. The quantitative estimate of drug-likeness (QED) is 0.508. The lowest BCUT2D eigenvalue weighted by atomic mass is 10.0. The van der Waals surface area contributed by atoms with Gasteiger partial charge in [0.25, 0.3) is 5.56 Å². The monoisotopic (exact) mass is 417 g/mol. The molecule has 0 spiro atoms. The molecule has 7 heteroatoms. The van der Waals surface area contributed by atoms with E-state index in [2.05, 4.69) is 6.08 Å². The highest BCUT2D eigenvalue weighted by atomic mass is 32.2. The molecule has 0 atom stereocenters. The lowest BCUT2D eigenvalue weighted by molar-refractivity contribution is -0.127. The SMILES string of the molecule is CCn1c(SCC(=O)N(C2=CCCCC2)C2CC2)nc2sc(C)c(C)c2c1=O. The summed E-state index contributed by atoms with van der Waals surface area (Å²) in [6.07, 6.45) is 8.91. The van der Waals surface area contributed by atoms with E-state index in [-0.39, 0.29) is 11.5 Å². The zero-order chi connectivity index (χ0) is 19.8. The zero-order valence-corrected chi connectivity index (χ0v) is 18.4. The molecular weight excluding hydrogens is 390 g/mol. The third-order valence-corrected chi connectivity index (χ3v) is 7.71. The molecule has 0 N–H and O–H groups in total. The number of amides is 1. The van der Waals surface area contributed by atoms with Gasteiger partial charge in [-0.1, -0.05) is 17.8 Å². The topological polar surface area (TPSA) is 55.2 Å². The van der Waals surface area contributed by atoms with Crippen LogP contribution >= 0.6 is 23.1 Å². The second-order valence-electron chi connectivity index (χ2n) is 7.63. The number of carbonyl (C=O) groups is 1. The van der Waals surface area contributed by atoms with Crippen LogP contribution < -0.4 is 5.56 Å². The lowest BCUT2D eigenvalue weighted by Gasteiger charge is -2.27. The van der Waals surface area contributed by atoms with Crippen molar-refractivity contribution in [3.8, 4) is 0 Å². The Balaban J connectivity index is 1.58. The van der Waals surface area contributed by atoms with Crippen LogP contribution in [0.4, 0.5) is 0 Å². The van der Waals surface area contributed by atoms with Gasteiger partial charge < -0.3 is 4.90 Å². The molecular formula is C21H27N3O2S2. The van der Waals surface area contributed by atoms with Crippen LogP contribution in [0.1, 0.15) is 55.9 Å². The predicted molar refractivity (Wildman–Crippen MR) is 116 cm³/mol. The summed E-state index contributed by atoms with van der Waals surface area (Å²) in [5.74, 6) is 0.478. The van der Waals surface area contributed by atoms with Crippen molar-refractivity contribution in [3.05, 3.63) is 32.6 Å². The first-order valence-electron chi connectivity index (χ1n) is 10.2. The number of thiophene rings is 1. The van der Waals surface area contributed by atoms with Crippen molar-refractivity contribution in [1.29, 1.82) is 0 Å². The van der Waals surface area contributed by atoms with Gasteiger partial charge in [-0.15, -0.1) is 11.3 Å². The molecule has 2 aromatic heterocycles. The van der Waals surface area contributed by atoms with Gasteiger partial charge in [-0.05, 0) is 64.9 Å². The van der Waals surface area contributed by atoms with Crippen molar-refractivity contribution in [2.45, 2.75) is 77.0 Å². The van der Waals surface area contributed by atoms with Gasteiger partial charge in [0.1, 0.15) is 4.83 Å². The summed E-state index contributed by atoms with van der Waals surface area (Å²) in [6.45, 7) is 6.53. The first-order valence-corrected chi connectivity index (χ1v) is 12.0. The van der Waals surface area contributed by atoms with Gasteiger partial charge in [-0.3, -0.25) is 14.2 Å². The number of thioether (sulfide) groups is 1. The first kappa shape index (κ1) is 19.7. The Hall–Kier alpha value is -1.60. The molecule has 1 fully saturated rings. The lowest BCUT2D eigenvalue weighted by Crippen LogP contribution is -2.34. The van der Waals surface area contributed by atoms with Gasteiger partial charge in [-0.25, -0.2) is 4.98 Å². The van der Waals surface area contributed by atoms with Crippen LogP contribution in [0, 0.1) is 13.8 Å². The van der Waals surface area contributed by atoms with Crippen molar-refractivity contribution in [3.63, 3.8) is 0 Å². The molecule has 2 aliphatic rings. The van der Waals surface area contributed by atoms with Crippen LogP contribution in [0.3, 0.4) is 0 Å². The summed E-state index contributed by atoms with van der Waals surface area (Å²) >= 11 is 2.96. The summed E-state index contributed by atoms with van der Waals surface area (Å²) < 4.78 is 1.71. The zero-order valence-electron chi connectivity index (χ0n) is 16.8. The van der Waals surface area contributed by atoms with Crippen molar-refractivity contribution in [2.75, 3.05) is 5.75 Å². The van der Waals surface area contributed by atoms with Gasteiger partial charge in [0.15, 0.2) is 5.16 Å². The molecule has 0 aliphatic heterocycles. The van der Waals surface area contributed by atoms with E-state index in [0.717, 1.165) is 46.3 Å². The number of fused-ring (bicyclic) bond motifs is 1. The van der Waals surface area contributed by atoms with Crippen molar-refractivity contribution < 1.29 is 4.79 Å². The van der Waals surface area contributed by atoms with E-state index in [9.17, 15) is 9.59 Å². The fourth-order valence-corrected chi connectivity index (χ4v) is 5.86. The standard InChI is InChI=1S/C21H27N3O2S2/c1-4-23-20(26)18-13(2)14(3)28-19(18)22-21(23)27-12-17(25)24(16-10-11-16)15-8-6-5-7-9-15/h8,16H,4-7,9-12H2,1-3H3. The van der Waals surface area contributed by atoms with Crippen LogP contribution in [-0.4, -0.2) is 32.2 Å². The van der Waals surface area contributed by atoms with Gasteiger partial charge in [0, 0.05) is 23.2 Å². The Morgan fingerprint density at radius 1 is 1.36 bits per heavy atom. The molecule has 2 aliphatic carbocycles. The number of rotatable bonds is 6. The van der Waals surface area contributed by atoms with Crippen molar-refractivity contribution in [2.24, 2.45) is 0 Å². The fourth-order valence-electron chi connectivity index (χ4n) is 3.86. The smallest absolute Gasteiger partial charge is 0.263 e. The number of carbonyl (C=O) groups excluding carboxylic acids is 1. The number of hydrogen-bond donors (Lipinski definition) is 0. The van der Waals surface area contributed by atoms with Crippen LogP contribution in [0.25, 0.3) is 10.2 Å². The van der Waals surface area contributed by atoms with E-state index in [1.165, 1.54) is 30.3 Å². The largest absolute Gasteiger partial charge is 0.313 e. The minimum Gasteiger partial charge on any atom is -0.313 e. The van der Waals surface area contributed by atoms with Crippen molar-refractivity contribution in [1.82, 2.24) is 14.5 Å². The Bertz CT molecular complexity index is 1000. The second-order valence-corrected chi connectivity index (χ2v) is 9.78. The molecule has 150 valence electrons. The molecule has 2 heterocycles. The van der Waals surface area contributed by atoms with E-state index in [4.69, 9.17) is 4.98 Å². The third kappa shape index (κ3) is 3.66. The molecule has 5 nitrogen and oxygen atoms in total. The third-order valence-electron chi connectivity index (χ3n) is 5.65. The average Bonchev–Trinajstić information content (AvgIpc) is 3.47. The molecule has 4 rings (SSSR count). The average molecular weight is 418 g/mol. The maximum Gasteiger partial charge on any atom is 0.263 e. The Morgan fingerprint density at radius 3 is 2.79 bits per heavy atom. The molecule has 2 aromatic rings. The molecule has 0 saturated heterocycles. The summed E-state index contributed by atoms with van der Waals surface area (Å²) in [5, 5.41) is 1.38. The summed E-state index contributed by atoms with van der Waals surface area (Å²) in [5.41, 5.74) is 2.25. The van der Waals surface area contributed by atoms with Gasteiger partial charge in [0.2, 0.25) is 5.91 Å². The predicted octanol–water partition coefficient (Wildman–Crippen LogP) is 4.64. The first-order chi connectivity index (χ1) is 13.5. The summed E-state index contributed by atoms with van der Waals surface area (Å²) in [6, 6.07) is 0.379. The second kappa shape index (κ2) is 8.03. The van der Waals surface area contributed by atoms with E-state index < -0.39 is 0 Å². The molecule has 0 bridgehead atoms. The van der Waals surface area contributed by atoms with E-state index >= 15 is 0 Å². The number of allylic oxidation sites excluding steroid dienone is 2. The van der Waals surface area contributed by atoms with Gasteiger partial charge >= 0.3 is 0 Å². The van der Waals surface area contributed by atoms with Gasteiger partial charge in [0.05, 0.1) is 11.1 Å². The van der Waals surface area contributed by atoms with Crippen LogP contribution in [0.5, 0.6) is 0 Å². The highest BCUT2D eigenvalue weighted by Crippen LogP contribution is 2.35. The minimum atomic E-state index is 0.0123. The van der Waals surface area contributed by atoms with Crippen LogP contribution in [0.15, 0.2) is 21.7 Å². The molecule has 1 amide bonds. The Kier molecular flexibility index (Phi) is 5.65. The van der Waals surface area contributed by atoms with Crippen molar-refractivity contribution >= 4 is 39.2 Å². The highest BCUT2D eigenvalue weighted by Gasteiger charge is 2.35. The van der Waals surface area contributed by atoms with Crippen LogP contribution in [0.2, 0.25) is 0 Å². The molecule has 0 aromatic carbocycles. The summed E-state index contributed by atoms with van der Waals surface area (Å²) in [7, 11) is 0. The highest BCUT2D eigenvalue weighted by molar-refractivity contribution is 7.99. The number of nitrogens with zero attached hydrogens (tertiary/aromatic N) is 3. The van der Waals surface area contributed by atoms with E-state index in [1.807, 2.05) is 25.7 Å².